The van der Waals surface area contributed by atoms with Crippen molar-refractivity contribution in [2.45, 2.75) is 26.8 Å². The molecule has 1 nitrogen and oxygen atoms in total. The van der Waals surface area contributed by atoms with Crippen LogP contribution in [0.1, 0.15) is 29.7 Å². The normalized spacial score (nSPS) is 13.1. The molecule has 0 amide bonds. The highest BCUT2D eigenvalue weighted by atomic mass is 19.1. The van der Waals surface area contributed by atoms with Gasteiger partial charge in [0, 0.05) is 11.6 Å². The van der Waals surface area contributed by atoms with Crippen LogP contribution >= 0.6 is 0 Å². The van der Waals surface area contributed by atoms with Crippen molar-refractivity contribution in [3.05, 3.63) is 34.4 Å². The molecule has 0 heterocycles. The molecule has 0 bridgehead atoms. The van der Waals surface area contributed by atoms with Gasteiger partial charge in [-0.2, -0.15) is 0 Å². The molecule has 1 rings (SSSR count). The van der Waals surface area contributed by atoms with E-state index in [4.69, 9.17) is 5.73 Å². The molecule has 0 aliphatic heterocycles. The molecule has 0 fully saturated rings. The van der Waals surface area contributed by atoms with E-state index in [2.05, 4.69) is 0 Å². The summed E-state index contributed by atoms with van der Waals surface area (Å²) in [5.74, 6) is -1.06. The van der Waals surface area contributed by atoms with Crippen LogP contribution in [0.25, 0.3) is 0 Å². The highest BCUT2D eigenvalue weighted by molar-refractivity contribution is 5.34. The topological polar surface area (TPSA) is 26.0 Å². The Morgan fingerprint density at radius 2 is 1.54 bits per heavy atom. The molecule has 2 N–H and O–H groups in total. The SMILES string of the molecule is Cc1cc(C)c(F)c(C(C)N)c1F. The summed E-state index contributed by atoms with van der Waals surface area (Å²) in [4.78, 5) is 0. The first kappa shape index (κ1) is 10.1. The van der Waals surface area contributed by atoms with Crippen molar-refractivity contribution in [3.63, 3.8) is 0 Å². The lowest BCUT2D eigenvalue weighted by Crippen LogP contribution is -2.12. The Morgan fingerprint density at radius 1 is 1.15 bits per heavy atom. The average molecular weight is 185 g/mol. The molecule has 0 radical (unpaired) electrons. The Labute approximate surface area is 76.6 Å². The van der Waals surface area contributed by atoms with Crippen LogP contribution < -0.4 is 5.73 Å². The quantitative estimate of drug-likeness (QED) is 0.715. The van der Waals surface area contributed by atoms with E-state index in [-0.39, 0.29) is 5.56 Å². The van der Waals surface area contributed by atoms with Crippen LogP contribution in [0.2, 0.25) is 0 Å². The molecule has 0 spiro atoms. The first-order valence-electron chi connectivity index (χ1n) is 4.15. The van der Waals surface area contributed by atoms with Gasteiger partial charge in [-0.3, -0.25) is 0 Å². The predicted octanol–water partition coefficient (Wildman–Crippen LogP) is 2.60. The van der Waals surface area contributed by atoms with Crippen LogP contribution in [0.4, 0.5) is 8.78 Å². The summed E-state index contributed by atoms with van der Waals surface area (Å²) in [6, 6.07) is 0.870. The molecule has 0 saturated carbocycles. The molecule has 1 unspecified atom stereocenters. The van der Waals surface area contributed by atoms with Gasteiger partial charge in [-0.05, 0) is 31.9 Å². The van der Waals surface area contributed by atoms with Gasteiger partial charge in [0.1, 0.15) is 11.6 Å². The second-order valence-corrected chi connectivity index (χ2v) is 3.34. The van der Waals surface area contributed by atoms with Crippen molar-refractivity contribution in [2.75, 3.05) is 0 Å². The second-order valence-electron chi connectivity index (χ2n) is 3.34. The van der Waals surface area contributed by atoms with E-state index in [1.54, 1.807) is 20.8 Å². The van der Waals surface area contributed by atoms with Gasteiger partial charge < -0.3 is 5.73 Å². The van der Waals surface area contributed by atoms with Crippen LogP contribution in [-0.4, -0.2) is 0 Å². The lowest BCUT2D eigenvalue weighted by Gasteiger charge is -2.12. The highest BCUT2D eigenvalue weighted by Crippen LogP contribution is 2.24. The van der Waals surface area contributed by atoms with Crippen molar-refractivity contribution in [1.29, 1.82) is 0 Å². The predicted molar refractivity (Wildman–Crippen MR) is 48.4 cm³/mol. The van der Waals surface area contributed by atoms with Gasteiger partial charge in [-0.15, -0.1) is 0 Å². The fraction of sp³-hybridized carbons (Fsp3) is 0.400. The Bertz CT molecular complexity index is 306. The van der Waals surface area contributed by atoms with Gasteiger partial charge in [0.25, 0.3) is 0 Å². The third-order valence-corrected chi connectivity index (χ3v) is 2.05. The van der Waals surface area contributed by atoms with Crippen molar-refractivity contribution < 1.29 is 8.78 Å². The number of halogens is 2. The smallest absolute Gasteiger partial charge is 0.133 e. The largest absolute Gasteiger partial charge is 0.324 e. The standard InChI is InChI=1S/C10H13F2N/c1-5-4-6(2)10(12)8(7(3)13)9(5)11/h4,7H,13H2,1-3H3. The van der Waals surface area contributed by atoms with E-state index in [0.29, 0.717) is 11.1 Å². The zero-order valence-corrected chi connectivity index (χ0v) is 7.99. The number of hydrogen-bond acceptors (Lipinski definition) is 1. The molecule has 0 aliphatic rings. The Morgan fingerprint density at radius 3 is 1.85 bits per heavy atom. The minimum Gasteiger partial charge on any atom is -0.324 e. The molecule has 0 saturated heterocycles. The van der Waals surface area contributed by atoms with E-state index >= 15 is 0 Å². The third-order valence-electron chi connectivity index (χ3n) is 2.05. The Hall–Kier alpha value is -0.960. The molecule has 3 heteroatoms. The van der Waals surface area contributed by atoms with Crippen molar-refractivity contribution in [2.24, 2.45) is 5.73 Å². The van der Waals surface area contributed by atoms with Gasteiger partial charge in [0.2, 0.25) is 0 Å². The van der Waals surface area contributed by atoms with Crippen LogP contribution in [0.5, 0.6) is 0 Å². The molecule has 1 aromatic carbocycles. The fourth-order valence-corrected chi connectivity index (χ4v) is 1.37. The molecule has 0 aliphatic carbocycles. The third kappa shape index (κ3) is 1.70. The number of benzene rings is 1. The minimum absolute atomic E-state index is 0.0162. The Kier molecular flexibility index (Phi) is 2.66. The molecular weight excluding hydrogens is 172 g/mol. The minimum atomic E-state index is -0.612. The second kappa shape index (κ2) is 3.42. The van der Waals surface area contributed by atoms with Crippen molar-refractivity contribution in [3.8, 4) is 0 Å². The number of aryl methyl sites for hydroxylation is 2. The van der Waals surface area contributed by atoms with Gasteiger partial charge in [0.05, 0.1) is 0 Å². The van der Waals surface area contributed by atoms with Crippen LogP contribution in [0.15, 0.2) is 6.07 Å². The van der Waals surface area contributed by atoms with E-state index in [9.17, 15) is 8.78 Å². The molecular formula is C10H13F2N. The van der Waals surface area contributed by atoms with Gasteiger partial charge >= 0.3 is 0 Å². The lowest BCUT2D eigenvalue weighted by molar-refractivity contribution is 0.527. The van der Waals surface area contributed by atoms with E-state index < -0.39 is 17.7 Å². The number of hydrogen-bond donors (Lipinski definition) is 1. The first-order valence-corrected chi connectivity index (χ1v) is 4.15. The molecule has 0 aromatic heterocycles. The highest BCUT2D eigenvalue weighted by Gasteiger charge is 2.17. The maximum Gasteiger partial charge on any atom is 0.133 e. The van der Waals surface area contributed by atoms with Crippen LogP contribution in [0.3, 0.4) is 0 Å². The van der Waals surface area contributed by atoms with Crippen LogP contribution in [0, 0.1) is 25.5 Å². The van der Waals surface area contributed by atoms with Gasteiger partial charge in [-0.25, -0.2) is 8.78 Å². The maximum atomic E-state index is 13.4. The zero-order chi connectivity index (χ0) is 10.2. The monoisotopic (exact) mass is 185 g/mol. The van der Waals surface area contributed by atoms with Gasteiger partial charge in [-0.1, -0.05) is 6.07 Å². The summed E-state index contributed by atoms with van der Waals surface area (Å²) in [5.41, 5.74) is 6.33. The van der Waals surface area contributed by atoms with Crippen molar-refractivity contribution >= 4 is 0 Å². The van der Waals surface area contributed by atoms with E-state index in [0.717, 1.165) is 0 Å². The fourth-order valence-electron chi connectivity index (χ4n) is 1.37. The summed E-state index contributed by atoms with van der Waals surface area (Å²) in [5, 5.41) is 0. The van der Waals surface area contributed by atoms with Crippen LogP contribution in [-0.2, 0) is 0 Å². The zero-order valence-electron chi connectivity index (χ0n) is 7.99. The molecule has 1 aromatic rings. The van der Waals surface area contributed by atoms with E-state index in [1.807, 2.05) is 0 Å². The summed E-state index contributed by atoms with van der Waals surface area (Å²) >= 11 is 0. The number of rotatable bonds is 1. The summed E-state index contributed by atoms with van der Waals surface area (Å²) in [7, 11) is 0. The molecule has 1 atom stereocenters. The Balaban J connectivity index is 3.46. The number of nitrogens with two attached hydrogens (primary N) is 1. The van der Waals surface area contributed by atoms with Gasteiger partial charge in [0.15, 0.2) is 0 Å². The van der Waals surface area contributed by atoms with Crippen molar-refractivity contribution in [1.82, 2.24) is 0 Å². The summed E-state index contributed by atoms with van der Waals surface area (Å²) in [6.07, 6.45) is 0. The molecule has 72 valence electrons. The maximum absolute atomic E-state index is 13.4. The van der Waals surface area contributed by atoms with E-state index in [1.165, 1.54) is 6.07 Å². The average Bonchev–Trinajstić information content (AvgIpc) is 2.01. The summed E-state index contributed by atoms with van der Waals surface area (Å²) in [6.45, 7) is 4.78. The first-order chi connectivity index (χ1) is 5.95. The lowest BCUT2D eigenvalue weighted by atomic mass is 10.0. The summed E-state index contributed by atoms with van der Waals surface area (Å²) < 4.78 is 26.7. The molecule has 13 heavy (non-hydrogen) atoms.